The molecule has 1 unspecified atom stereocenters. The summed E-state index contributed by atoms with van der Waals surface area (Å²) < 4.78 is 48.1. The van der Waals surface area contributed by atoms with E-state index < -0.39 is 40.3 Å². The van der Waals surface area contributed by atoms with Crippen molar-refractivity contribution in [3.8, 4) is 17.1 Å². The van der Waals surface area contributed by atoms with Crippen LogP contribution in [0.4, 0.5) is 24.5 Å². The number of ether oxygens (including phenoxy) is 1. The number of hydrogen-bond acceptors (Lipinski definition) is 8. The Kier molecular flexibility index (Phi) is 7.18. The van der Waals surface area contributed by atoms with Crippen molar-refractivity contribution in [1.29, 1.82) is 0 Å². The van der Waals surface area contributed by atoms with Crippen molar-refractivity contribution in [3.05, 3.63) is 59.9 Å². The molecule has 32 heavy (non-hydrogen) atoms. The van der Waals surface area contributed by atoms with Gasteiger partial charge >= 0.3 is 0 Å². The van der Waals surface area contributed by atoms with Gasteiger partial charge < -0.3 is 26.6 Å². The van der Waals surface area contributed by atoms with E-state index in [1.54, 1.807) is 0 Å². The van der Waals surface area contributed by atoms with Crippen LogP contribution in [0, 0.1) is 23.4 Å². The fraction of sp³-hybridized carbons (Fsp3) is 0.200. The fourth-order valence-corrected chi connectivity index (χ4v) is 2.68. The number of aliphatic hydroxyl groups excluding tert-OH is 1. The first-order valence-electron chi connectivity index (χ1n) is 9.31. The van der Waals surface area contributed by atoms with Crippen molar-refractivity contribution in [1.82, 2.24) is 15.0 Å². The highest BCUT2D eigenvalue weighted by Gasteiger charge is 2.23. The molecule has 12 heteroatoms. The second-order valence-corrected chi connectivity index (χ2v) is 6.64. The van der Waals surface area contributed by atoms with Crippen LogP contribution in [0.1, 0.15) is 10.5 Å². The lowest BCUT2D eigenvalue weighted by Gasteiger charge is -2.15. The third kappa shape index (κ3) is 4.92. The minimum atomic E-state index is -1.10. The van der Waals surface area contributed by atoms with E-state index in [9.17, 15) is 23.1 Å². The summed E-state index contributed by atoms with van der Waals surface area (Å²) in [5.74, 6) is -4.52. The molecule has 1 amide bonds. The number of anilines is 2. The number of nitrogens with zero attached hydrogens (tertiary/aromatic N) is 3. The average molecular weight is 448 g/mol. The number of carbonyl (C=O) groups excluding carboxylic acids is 1. The third-order valence-corrected chi connectivity index (χ3v) is 4.39. The van der Waals surface area contributed by atoms with Gasteiger partial charge in [0, 0.05) is 18.5 Å². The van der Waals surface area contributed by atoms with E-state index >= 15 is 0 Å². The fourth-order valence-electron chi connectivity index (χ4n) is 2.68. The molecule has 0 fully saturated rings. The number of halogens is 3. The Hall–Kier alpha value is -3.77. The van der Waals surface area contributed by atoms with Crippen molar-refractivity contribution in [2.24, 2.45) is 11.7 Å². The van der Waals surface area contributed by atoms with Crippen LogP contribution in [0.2, 0.25) is 0 Å². The number of aliphatic hydroxyl groups is 1. The van der Waals surface area contributed by atoms with Crippen LogP contribution >= 0.6 is 0 Å². The van der Waals surface area contributed by atoms with Gasteiger partial charge in [0.15, 0.2) is 11.5 Å². The lowest BCUT2D eigenvalue weighted by atomic mass is 10.1. The Morgan fingerprint density at radius 3 is 2.59 bits per heavy atom. The summed E-state index contributed by atoms with van der Waals surface area (Å²) >= 11 is 0. The SMILES string of the molecule is NCC(CO)COc1ncncc1NC(=O)c1nc(-c2c(F)cccc2F)c(F)cc1N. The van der Waals surface area contributed by atoms with Gasteiger partial charge in [-0.15, -0.1) is 0 Å². The highest BCUT2D eigenvalue weighted by molar-refractivity contribution is 6.07. The number of nitrogens with two attached hydrogens (primary N) is 2. The number of nitrogens with one attached hydrogen (secondary N) is 1. The number of pyridine rings is 1. The molecule has 0 aliphatic heterocycles. The van der Waals surface area contributed by atoms with Gasteiger partial charge in [-0.1, -0.05) is 6.07 Å². The number of benzene rings is 1. The minimum Gasteiger partial charge on any atom is -0.476 e. The van der Waals surface area contributed by atoms with Crippen LogP contribution in [0.5, 0.6) is 5.88 Å². The normalized spacial score (nSPS) is 11.8. The molecule has 3 aromatic rings. The molecule has 3 rings (SSSR count). The van der Waals surface area contributed by atoms with Gasteiger partial charge in [0.2, 0.25) is 5.88 Å². The van der Waals surface area contributed by atoms with Gasteiger partial charge in [0.25, 0.3) is 5.91 Å². The predicted octanol–water partition coefficient (Wildman–Crippen LogP) is 1.74. The molecule has 2 heterocycles. The van der Waals surface area contributed by atoms with E-state index in [0.717, 1.165) is 24.3 Å². The number of aromatic nitrogens is 3. The zero-order chi connectivity index (χ0) is 23.3. The summed E-state index contributed by atoms with van der Waals surface area (Å²) in [6.45, 7) is -0.0378. The second kappa shape index (κ2) is 10.0. The molecule has 6 N–H and O–H groups in total. The molecule has 9 nitrogen and oxygen atoms in total. The third-order valence-electron chi connectivity index (χ3n) is 4.39. The molecule has 2 aromatic heterocycles. The largest absolute Gasteiger partial charge is 0.476 e. The van der Waals surface area contributed by atoms with Crippen molar-refractivity contribution >= 4 is 17.3 Å². The van der Waals surface area contributed by atoms with E-state index in [4.69, 9.17) is 16.2 Å². The van der Waals surface area contributed by atoms with Gasteiger partial charge in [-0.2, -0.15) is 4.98 Å². The van der Waals surface area contributed by atoms with E-state index in [-0.39, 0.29) is 42.9 Å². The summed E-state index contributed by atoms with van der Waals surface area (Å²) in [7, 11) is 0. The number of rotatable bonds is 8. The van der Waals surface area contributed by atoms with Crippen LogP contribution in [0.3, 0.4) is 0 Å². The summed E-state index contributed by atoms with van der Waals surface area (Å²) in [6, 6.07) is 3.72. The maximum absolute atomic E-state index is 14.4. The van der Waals surface area contributed by atoms with Gasteiger partial charge in [-0.05, 0) is 12.1 Å². The molecule has 168 valence electrons. The molecule has 1 atom stereocenters. The summed E-state index contributed by atoms with van der Waals surface area (Å²) in [5.41, 5.74) is 8.96. The smallest absolute Gasteiger partial charge is 0.276 e. The lowest BCUT2D eigenvalue weighted by molar-refractivity contribution is 0.102. The van der Waals surface area contributed by atoms with Crippen molar-refractivity contribution in [2.75, 3.05) is 30.8 Å². The molecule has 0 aliphatic rings. The number of carbonyl (C=O) groups is 1. The van der Waals surface area contributed by atoms with E-state index in [1.807, 2.05) is 0 Å². The Morgan fingerprint density at radius 2 is 1.94 bits per heavy atom. The molecule has 0 aliphatic carbocycles. The van der Waals surface area contributed by atoms with Crippen LogP contribution in [-0.2, 0) is 0 Å². The Balaban J connectivity index is 1.91. The average Bonchev–Trinajstić information content (AvgIpc) is 2.76. The number of amides is 1. The Bertz CT molecular complexity index is 1110. The van der Waals surface area contributed by atoms with Gasteiger partial charge in [-0.3, -0.25) is 4.79 Å². The molecule has 1 aromatic carbocycles. The highest BCUT2D eigenvalue weighted by atomic mass is 19.1. The molecular weight excluding hydrogens is 429 g/mol. The summed E-state index contributed by atoms with van der Waals surface area (Å²) in [5, 5.41) is 11.6. The molecule has 0 bridgehead atoms. The number of hydrogen-bond donors (Lipinski definition) is 4. The standard InChI is InChI=1S/C20H19F3N6O3/c21-11-2-1-3-12(22)16(11)17-13(23)4-14(25)18(29-17)19(31)28-15-6-26-9-27-20(15)32-8-10(5-24)7-30/h1-4,6,9-10,30H,5,7-8,24-25H2,(H,28,31). The second-order valence-electron chi connectivity index (χ2n) is 6.64. The monoisotopic (exact) mass is 448 g/mol. The van der Waals surface area contributed by atoms with Gasteiger partial charge in [0.05, 0.1) is 30.7 Å². The van der Waals surface area contributed by atoms with E-state index in [2.05, 4.69) is 20.3 Å². The molecule has 0 saturated carbocycles. The van der Waals surface area contributed by atoms with Crippen LogP contribution in [0.15, 0.2) is 36.8 Å². The van der Waals surface area contributed by atoms with E-state index in [1.165, 1.54) is 12.5 Å². The van der Waals surface area contributed by atoms with Crippen molar-refractivity contribution < 1.29 is 27.8 Å². The lowest BCUT2D eigenvalue weighted by Crippen LogP contribution is -2.25. The van der Waals surface area contributed by atoms with Crippen molar-refractivity contribution in [3.63, 3.8) is 0 Å². The summed E-state index contributed by atoms with van der Waals surface area (Å²) in [4.78, 5) is 24.2. The molecule has 0 radical (unpaired) electrons. The van der Waals surface area contributed by atoms with Gasteiger partial charge in [0.1, 0.15) is 29.3 Å². The van der Waals surface area contributed by atoms with Crippen molar-refractivity contribution in [2.45, 2.75) is 0 Å². The first-order chi connectivity index (χ1) is 15.3. The van der Waals surface area contributed by atoms with Crippen LogP contribution in [0.25, 0.3) is 11.3 Å². The molecular formula is C20H19F3N6O3. The molecule has 0 saturated heterocycles. The van der Waals surface area contributed by atoms with Crippen LogP contribution in [-0.4, -0.2) is 45.7 Å². The first-order valence-corrected chi connectivity index (χ1v) is 9.31. The quantitative estimate of drug-likeness (QED) is 0.407. The Labute approximate surface area is 180 Å². The molecule has 0 spiro atoms. The minimum absolute atomic E-state index is 0.0144. The maximum atomic E-state index is 14.4. The zero-order valence-electron chi connectivity index (χ0n) is 16.6. The van der Waals surface area contributed by atoms with Gasteiger partial charge in [-0.25, -0.2) is 23.1 Å². The topological polar surface area (TPSA) is 149 Å². The number of nitrogen functional groups attached to an aromatic ring is 1. The summed E-state index contributed by atoms with van der Waals surface area (Å²) in [6.07, 6.45) is 2.40. The predicted molar refractivity (Wildman–Crippen MR) is 109 cm³/mol. The Morgan fingerprint density at radius 1 is 1.22 bits per heavy atom. The first kappa shape index (κ1) is 22.9. The van der Waals surface area contributed by atoms with Crippen LogP contribution < -0.4 is 21.5 Å². The highest BCUT2D eigenvalue weighted by Crippen LogP contribution is 2.29. The van der Waals surface area contributed by atoms with E-state index in [0.29, 0.717) is 0 Å². The maximum Gasteiger partial charge on any atom is 0.276 e. The zero-order valence-corrected chi connectivity index (χ0v) is 16.6.